The van der Waals surface area contributed by atoms with Gasteiger partial charge in [-0.15, -0.1) is 11.8 Å². The highest BCUT2D eigenvalue weighted by Gasteiger charge is 2.29. The van der Waals surface area contributed by atoms with Gasteiger partial charge in [-0.25, -0.2) is 0 Å². The van der Waals surface area contributed by atoms with Crippen molar-refractivity contribution in [1.82, 2.24) is 10.3 Å². The molecule has 2 heterocycles. The Labute approximate surface area is 138 Å². The van der Waals surface area contributed by atoms with E-state index < -0.39 is 5.25 Å². The minimum atomic E-state index is -0.411. The zero-order chi connectivity index (χ0) is 16.2. The van der Waals surface area contributed by atoms with E-state index in [1.54, 1.807) is 12.4 Å². The Balaban J connectivity index is 1.61. The third kappa shape index (κ3) is 3.71. The van der Waals surface area contributed by atoms with E-state index in [0.29, 0.717) is 0 Å². The highest BCUT2D eigenvalue weighted by molar-refractivity contribution is 8.01. The quantitative estimate of drug-likeness (QED) is 0.906. The van der Waals surface area contributed by atoms with E-state index in [1.807, 2.05) is 43.3 Å². The molecule has 0 fully saturated rings. The summed E-state index contributed by atoms with van der Waals surface area (Å²) in [4.78, 5) is 29.4. The van der Waals surface area contributed by atoms with E-state index in [-0.39, 0.29) is 24.3 Å². The number of nitrogens with one attached hydrogen (secondary N) is 2. The van der Waals surface area contributed by atoms with Crippen molar-refractivity contribution in [3.8, 4) is 0 Å². The van der Waals surface area contributed by atoms with Crippen molar-refractivity contribution in [2.45, 2.75) is 29.5 Å². The molecule has 0 aliphatic carbocycles. The van der Waals surface area contributed by atoms with Crippen LogP contribution in [-0.4, -0.2) is 22.0 Å². The highest BCUT2D eigenvalue weighted by Crippen LogP contribution is 2.36. The molecule has 2 aromatic rings. The number of rotatable bonds is 4. The lowest BCUT2D eigenvalue weighted by Gasteiger charge is -2.24. The van der Waals surface area contributed by atoms with Crippen LogP contribution < -0.4 is 10.6 Å². The summed E-state index contributed by atoms with van der Waals surface area (Å²) in [5.74, 6) is -0.272. The number of benzene rings is 1. The van der Waals surface area contributed by atoms with Crippen molar-refractivity contribution in [2.24, 2.45) is 0 Å². The van der Waals surface area contributed by atoms with Crippen LogP contribution >= 0.6 is 11.8 Å². The topological polar surface area (TPSA) is 71.1 Å². The average Bonchev–Trinajstić information content (AvgIpc) is 2.56. The molecule has 0 spiro atoms. The summed E-state index contributed by atoms with van der Waals surface area (Å²) in [7, 11) is 0. The normalized spacial score (nSPS) is 17.8. The Bertz CT molecular complexity index is 721. The van der Waals surface area contributed by atoms with Gasteiger partial charge in [0.1, 0.15) is 0 Å². The van der Waals surface area contributed by atoms with Crippen LogP contribution in [0.4, 0.5) is 5.69 Å². The van der Waals surface area contributed by atoms with Gasteiger partial charge in [-0.3, -0.25) is 14.6 Å². The second-order valence-electron chi connectivity index (χ2n) is 5.37. The van der Waals surface area contributed by atoms with Gasteiger partial charge < -0.3 is 10.6 Å². The minimum absolute atomic E-state index is 0.127. The highest BCUT2D eigenvalue weighted by atomic mass is 32.2. The average molecular weight is 327 g/mol. The Morgan fingerprint density at radius 3 is 2.96 bits per heavy atom. The smallest absolute Gasteiger partial charge is 0.238 e. The van der Waals surface area contributed by atoms with Crippen molar-refractivity contribution >= 4 is 29.3 Å². The monoisotopic (exact) mass is 327 g/mol. The number of pyridine rings is 1. The Kier molecular flexibility index (Phi) is 4.62. The minimum Gasteiger partial charge on any atom is -0.349 e. The number of carbonyl (C=O) groups is 2. The van der Waals surface area contributed by atoms with E-state index in [4.69, 9.17) is 0 Å². The van der Waals surface area contributed by atoms with Crippen molar-refractivity contribution in [2.75, 3.05) is 5.32 Å². The molecule has 0 radical (unpaired) electrons. The number of anilines is 1. The van der Waals surface area contributed by atoms with Crippen LogP contribution in [0.1, 0.15) is 24.9 Å². The van der Waals surface area contributed by atoms with Gasteiger partial charge in [0.25, 0.3) is 0 Å². The predicted octanol–water partition coefficient (Wildman–Crippen LogP) is 2.76. The molecule has 0 bridgehead atoms. The van der Waals surface area contributed by atoms with Crippen LogP contribution in [0.15, 0.2) is 53.7 Å². The molecule has 5 nitrogen and oxygen atoms in total. The van der Waals surface area contributed by atoms with Gasteiger partial charge in [-0.1, -0.05) is 18.2 Å². The maximum absolute atomic E-state index is 12.2. The Hall–Kier alpha value is -2.34. The van der Waals surface area contributed by atoms with Gasteiger partial charge in [-0.05, 0) is 30.7 Å². The van der Waals surface area contributed by atoms with E-state index in [2.05, 4.69) is 15.6 Å². The number of fused-ring (bicyclic) bond motifs is 1. The van der Waals surface area contributed by atoms with Gasteiger partial charge in [0.15, 0.2) is 0 Å². The fourth-order valence-corrected chi connectivity index (χ4v) is 3.52. The summed E-state index contributed by atoms with van der Waals surface area (Å²) >= 11 is 1.43. The standard InChI is InChI=1S/C17H17N3O2S/c1-11(12-5-4-8-18-10-12)19-16(21)9-15-17(22)20-13-6-2-3-7-14(13)23-15/h2-8,10-11,15H,9H2,1H3,(H,19,21)(H,20,22)/t11-,15-/m1/s1. The van der Waals surface area contributed by atoms with E-state index in [9.17, 15) is 9.59 Å². The van der Waals surface area contributed by atoms with Gasteiger partial charge in [0.2, 0.25) is 11.8 Å². The molecule has 0 saturated heterocycles. The van der Waals surface area contributed by atoms with Crippen LogP contribution in [-0.2, 0) is 9.59 Å². The SMILES string of the molecule is C[C@@H](NC(=O)C[C@H]1Sc2ccccc2NC1=O)c1cccnc1. The number of hydrogen-bond acceptors (Lipinski definition) is 4. The van der Waals surface area contributed by atoms with Crippen molar-refractivity contribution < 1.29 is 9.59 Å². The molecule has 1 aliphatic rings. The summed E-state index contributed by atoms with van der Waals surface area (Å²) in [5, 5.41) is 5.36. The fraction of sp³-hybridized carbons (Fsp3) is 0.235. The van der Waals surface area contributed by atoms with Gasteiger partial charge in [0.05, 0.1) is 17.0 Å². The molecule has 3 rings (SSSR count). The molecule has 1 aromatic carbocycles. The summed E-state index contributed by atoms with van der Waals surface area (Å²) in [6.07, 6.45) is 3.57. The molecule has 2 atom stereocenters. The largest absolute Gasteiger partial charge is 0.349 e. The zero-order valence-electron chi connectivity index (χ0n) is 12.7. The third-order valence-corrected chi connectivity index (χ3v) is 4.91. The number of thioether (sulfide) groups is 1. The molecular formula is C17H17N3O2S. The lowest BCUT2D eigenvalue weighted by atomic mass is 10.1. The summed E-state index contributed by atoms with van der Waals surface area (Å²) < 4.78 is 0. The molecule has 118 valence electrons. The van der Waals surface area contributed by atoms with Crippen LogP contribution in [0, 0.1) is 0 Å². The van der Waals surface area contributed by atoms with E-state index in [1.165, 1.54) is 11.8 Å². The number of nitrogens with zero attached hydrogens (tertiary/aromatic N) is 1. The molecule has 2 amide bonds. The van der Waals surface area contributed by atoms with Crippen LogP contribution in [0.2, 0.25) is 0 Å². The summed E-state index contributed by atoms with van der Waals surface area (Å²) in [5.41, 5.74) is 1.75. The third-order valence-electron chi connectivity index (χ3n) is 3.64. The molecule has 2 N–H and O–H groups in total. The first-order valence-corrected chi connectivity index (χ1v) is 8.27. The van der Waals surface area contributed by atoms with Crippen LogP contribution in [0.25, 0.3) is 0 Å². The number of hydrogen-bond donors (Lipinski definition) is 2. The first-order chi connectivity index (χ1) is 11.1. The molecule has 1 aliphatic heterocycles. The van der Waals surface area contributed by atoms with Crippen molar-refractivity contribution in [3.63, 3.8) is 0 Å². The number of carbonyl (C=O) groups excluding carboxylic acids is 2. The molecular weight excluding hydrogens is 310 g/mol. The molecule has 23 heavy (non-hydrogen) atoms. The molecule has 0 saturated carbocycles. The maximum Gasteiger partial charge on any atom is 0.238 e. The number of para-hydroxylation sites is 1. The van der Waals surface area contributed by atoms with Crippen LogP contribution in [0.5, 0.6) is 0 Å². The van der Waals surface area contributed by atoms with Crippen molar-refractivity contribution in [1.29, 1.82) is 0 Å². The second kappa shape index (κ2) is 6.83. The number of aromatic nitrogens is 1. The zero-order valence-corrected chi connectivity index (χ0v) is 13.5. The fourth-order valence-electron chi connectivity index (χ4n) is 2.41. The predicted molar refractivity (Wildman–Crippen MR) is 90.1 cm³/mol. The van der Waals surface area contributed by atoms with Crippen molar-refractivity contribution in [3.05, 3.63) is 54.4 Å². The van der Waals surface area contributed by atoms with E-state index >= 15 is 0 Å². The molecule has 1 aromatic heterocycles. The van der Waals surface area contributed by atoms with Gasteiger partial charge >= 0.3 is 0 Å². The first kappa shape index (κ1) is 15.6. The Morgan fingerprint density at radius 1 is 1.35 bits per heavy atom. The Morgan fingerprint density at radius 2 is 2.17 bits per heavy atom. The van der Waals surface area contributed by atoms with Gasteiger partial charge in [0, 0.05) is 23.7 Å². The summed E-state index contributed by atoms with van der Waals surface area (Å²) in [6.45, 7) is 1.90. The van der Waals surface area contributed by atoms with E-state index in [0.717, 1.165) is 16.1 Å². The maximum atomic E-state index is 12.2. The molecule has 6 heteroatoms. The lowest BCUT2D eigenvalue weighted by molar-refractivity contribution is -0.124. The van der Waals surface area contributed by atoms with Crippen LogP contribution in [0.3, 0.4) is 0 Å². The van der Waals surface area contributed by atoms with Gasteiger partial charge in [-0.2, -0.15) is 0 Å². The first-order valence-electron chi connectivity index (χ1n) is 7.39. The second-order valence-corrected chi connectivity index (χ2v) is 6.62. The number of amides is 2. The lowest BCUT2D eigenvalue weighted by Crippen LogP contribution is -2.35. The molecule has 0 unspecified atom stereocenters. The summed E-state index contributed by atoms with van der Waals surface area (Å²) in [6, 6.07) is 11.2.